The number of aryl methyl sites for hydroxylation is 2. The molecule has 1 unspecified atom stereocenters. The average molecular weight is 234 g/mol. The van der Waals surface area contributed by atoms with Crippen LogP contribution in [0.3, 0.4) is 0 Å². The van der Waals surface area contributed by atoms with Crippen molar-refractivity contribution in [2.75, 3.05) is 0 Å². The minimum Gasteiger partial charge on any atom is -0.388 e. The molecule has 92 valence electrons. The first-order chi connectivity index (χ1) is 8.11. The van der Waals surface area contributed by atoms with Crippen LogP contribution in [-0.4, -0.2) is 14.8 Å². The molecule has 0 amide bonds. The van der Waals surface area contributed by atoms with E-state index in [9.17, 15) is 5.11 Å². The van der Waals surface area contributed by atoms with Gasteiger partial charge in [0.05, 0.1) is 18.3 Å². The van der Waals surface area contributed by atoms with Crippen LogP contribution in [0.5, 0.6) is 0 Å². The van der Waals surface area contributed by atoms with Gasteiger partial charge in [0.2, 0.25) is 0 Å². The highest BCUT2D eigenvalue weighted by molar-refractivity contribution is 5.22. The fourth-order valence-corrected chi connectivity index (χ4v) is 1.90. The van der Waals surface area contributed by atoms with E-state index in [0.29, 0.717) is 0 Å². The average Bonchev–Trinajstić information content (AvgIpc) is 2.90. The van der Waals surface area contributed by atoms with Crippen LogP contribution in [0.4, 0.5) is 0 Å². The molecule has 0 spiro atoms. The molecular weight excluding hydrogens is 216 g/mol. The smallest absolute Gasteiger partial charge is 0.138 e. The number of rotatable bonds is 4. The van der Waals surface area contributed by atoms with E-state index < -0.39 is 0 Å². The highest BCUT2D eigenvalue weighted by Crippen LogP contribution is 2.19. The van der Waals surface area contributed by atoms with E-state index in [1.807, 2.05) is 43.8 Å². The summed E-state index contributed by atoms with van der Waals surface area (Å²) in [5.74, 6) is 0.855. The van der Waals surface area contributed by atoms with Crippen molar-refractivity contribution in [3.8, 4) is 0 Å². The van der Waals surface area contributed by atoms with Gasteiger partial charge in [-0.3, -0.25) is 0 Å². The van der Waals surface area contributed by atoms with Crippen molar-refractivity contribution in [1.29, 1.82) is 0 Å². The zero-order valence-electron chi connectivity index (χ0n) is 10.5. The molecule has 0 radical (unpaired) electrons. The number of hydrogen-bond acceptors (Lipinski definition) is 3. The Labute approximate surface area is 101 Å². The molecule has 0 aliphatic heterocycles. The Balaban J connectivity index is 2.17. The van der Waals surface area contributed by atoms with E-state index in [0.717, 1.165) is 35.5 Å². The molecule has 1 atom stereocenters. The number of aliphatic hydroxyl groups excluding tert-OH is 1. The summed E-state index contributed by atoms with van der Waals surface area (Å²) < 4.78 is 7.17. The van der Waals surface area contributed by atoms with Crippen molar-refractivity contribution in [2.45, 2.75) is 39.8 Å². The van der Waals surface area contributed by atoms with E-state index in [-0.39, 0.29) is 6.10 Å². The Morgan fingerprint density at radius 3 is 2.82 bits per heavy atom. The van der Waals surface area contributed by atoms with Crippen molar-refractivity contribution < 1.29 is 9.63 Å². The minimum atomic E-state index is -0.374. The van der Waals surface area contributed by atoms with Crippen molar-refractivity contribution in [2.24, 2.45) is 0 Å². The molecule has 2 heterocycles. The number of aromatic nitrogens is 2. The molecule has 2 aromatic heterocycles. The quantitative estimate of drug-likeness (QED) is 0.884. The van der Waals surface area contributed by atoms with Crippen molar-refractivity contribution in [1.82, 2.24) is 9.72 Å². The molecule has 0 saturated heterocycles. The van der Waals surface area contributed by atoms with Crippen LogP contribution < -0.4 is 0 Å². The third-order valence-corrected chi connectivity index (χ3v) is 3.07. The molecule has 1 N–H and O–H groups in total. The van der Waals surface area contributed by atoms with Gasteiger partial charge >= 0.3 is 0 Å². The van der Waals surface area contributed by atoms with Gasteiger partial charge in [-0.15, -0.1) is 0 Å². The number of nitrogens with zero attached hydrogens (tertiary/aromatic N) is 2. The van der Waals surface area contributed by atoms with E-state index in [2.05, 4.69) is 5.16 Å². The molecule has 0 saturated carbocycles. The molecule has 0 aliphatic carbocycles. The summed E-state index contributed by atoms with van der Waals surface area (Å²) in [4.78, 5) is 0. The second-order valence-corrected chi connectivity index (χ2v) is 4.34. The fourth-order valence-electron chi connectivity index (χ4n) is 1.90. The first kappa shape index (κ1) is 11.9. The van der Waals surface area contributed by atoms with E-state index in [1.165, 1.54) is 0 Å². The van der Waals surface area contributed by atoms with Gasteiger partial charge in [0, 0.05) is 18.0 Å². The molecule has 0 aromatic carbocycles. The number of aliphatic hydroxyl groups is 1. The Morgan fingerprint density at radius 2 is 2.24 bits per heavy atom. The molecule has 4 nitrogen and oxygen atoms in total. The monoisotopic (exact) mass is 234 g/mol. The maximum absolute atomic E-state index is 9.73. The van der Waals surface area contributed by atoms with Gasteiger partial charge < -0.3 is 14.2 Å². The Kier molecular flexibility index (Phi) is 3.33. The molecule has 0 aliphatic rings. The zero-order valence-corrected chi connectivity index (χ0v) is 10.5. The lowest BCUT2D eigenvalue weighted by Gasteiger charge is -2.05. The third kappa shape index (κ3) is 2.42. The summed E-state index contributed by atoms with van der Waals surface area (Å²) in [6, 6.07) is 1.95. The summed E-state index contributed by atoms with van der Waals surface area (Å²) in [5, 5.41) is 13.7. The standard InChI is InChI=1S/C13H18N2O2/c1-4-13(16)11-5-6-15(7-11)8-12-9(2)14-17-10(12)3/h5-7,13,16H,4,8H2,1-3H3. The van der Waals surface area contributed by atoms with Crippen LogP contribution in [0.1, 0.15) is 42.0 Å². The summed E-state index contributed by atoms with van der Waals surface area (Å²) >= 11 is 0. The molecular formula is C13H18N2O2. The van der Waals surface area contributed by atoms with Gasteiger partial charge in [-0.2, -0.15) is 0 Å². The zero-order chi connectivity index (χ0) is 12.4. The van der Waals surface area contributed by atoms with Gasteiger partial charge in [-0.25, -0.2) is 0 Å². The summed E-state index contributed by atoms with van der Waals surface area (Å²) in [6.07, 6.45) is 4.30. The summed E-state index contributed by atoms with van der Waals surface area (Å²) in [5.41, 5.74) is 2.99. The second-order valence-electron chi connectivity index (χ2n) is 4.34. The molecule has 0 bridgehead atoms. The lowest BCUT2D eigenvalue weighted by molar-refractivity contribution is 0.173. The van der Waals surface area contributed by atoms with E-state index in [1.54, 1.807) is 0 Å². The van der Waals surface area contributed by atoms with Crippen LogP contribution in [0, 0.1) is 13.8 Å². The summed E-state index contributed by atoms with van der Waals surface area (Å²) in [7, 11) is 0. The second kappa shape index (κ2) is 4.75. The Morgan fingerprint density at radius 1 is 1.47 bits per heavy atom. The fraction of sp³-hybridized carbons (Fsp3) is 0.462. The van der Waals surface area contributed by atoms with Gasteiger partial charge in [-0.1, -0.05) is 12.1 Å². The molecule has 2 rings (SSSR count). The van der Waals surface area contributed by atoms with Crippen LogP contribution >= 0.6 is 0 Å². The highest BCUT2D eigenvalue weighted by atomic mass is 16.5. The van der Waals surface area contributed by atoms with Crippen molar-refractivity contribution in [3.63, 3.8) is 0 Å². The first-order valence-electron chi connectivity index (χ1n) is 5.87. The predicted molar refractivity (Wildman–Crippen MR) is 64.8 cm³/mol. The van der Waals surface area contributed by atoms with Gasteiger partial charge in [0.15, 0.2) is 0 Å². The molecule has 17 heavy (non-hydrogen) atoms. The summed E-state index contributed by atoms with van der Waals surface area (Å²) in [6.45, 7) is 6.56. The van der Waals surface area contributed by atoms with Gasteiger partial charge in [0.25, 0.3) is 0 Å². The largest absolute Gasteiger partial charge is 0.388 e. The lowest BCUT2D eigenvalue weighted by atomic mass is 10.1. The lowest BCUT2D eigenvalue weighted by Crippen LogP contribution is -1.99. The maximum atomic E-state index is 9.73. The Bertz CT molecular complexity index is 480. The third-order valence-electron chi connectivity index (χ3n) is 3.07. The first-order valence-corrected chi connectivity index (χ1v) is 5.87. The number of hydrogen-bond donors (Lipinski definition) is 1. The van der Waals surface area contributed by atoms with Gasteiger partial charge in [0.1, 0.15) is 5.76 Å². The van der Waals surface area contributed by atoms with Crippen LogP contribution in [0.25, 0.3) is 0 Å². The predicted octanol–water partition coefficient (Wildman–Crippen LogP) is 2.58. The Hall–Kier alpha value is -1.55. The normalized spacial score (nSPS) is 12.9. The van der Waals surface area contributed by atoms with Crippen LogP contribution in [-0.2, 0) is 6.54 Å². The maximum Gasteiger partial charge on any atom is 0.138 e. The van der Waals surface area contributed by atoms with Crippen LogP contribution in [0.15, 0.2) is 23.0 Å². The van der Waals surface area contributed by atoms with E-state index in [4.69, 9.17) is 4.52 Å². The van der Waals surface area contributed by atoms with E-state index >= 15 is 0 Å². The molecule has 2 aromatic rings. The highest BCUT2D eigenvalue weighted by Gasteiger charge is 2.11. The minimum absolute atomic E-state index is 0.374. The van der Waals surface area contributed by atoms with Crippen molar-refractivity contribution >= 4 is 0 Å². The topological polar surface area (TPSA) is 51.2 Å². The molecule has 0 fully saturated rings. The van der Waals surface area contributed by atoms with Crippen molar-refractivity contribution in [3.05, 3.63) is 41.0 Å². The van der Waals surface area contributed by atoms with Gasteiger partial charge in [-0.05, 0) is 31.9 Å². The van der Waals surface area contributed by atoms with Crippen LogP contribution in [0.2, 0.25) is 0 Å². The SMILES string of the molecule is CCC(O)c1ccn(Cc2c(C)noc2C)c1. The molecule has 4 heteroatoms.